The topological polar surface area (TPSA) is 63.4 Å². The molecular formula is C17H17FN4O2S2. The van der Waals surface area contributed by atoms with E-state index in [9.17, 15) is 4.39 Å². The van der Waals surface area contributed by atoms with Crippen LogP contribution in [0.15, 0.2) is 46.2 Å². The Labute approximate surface area is 159 Å². The lowest BCUT2D eigenvalue weighted by atomic mass is 10.3. The monoisotopic (exact) mass is 392 g/mol. The van der Waals surface area contributed by atoms with E-state index in [0.29, 0.717) is 42.3 Å². The number of aromatic nitrogens is 2. The molecule has 9 heteroatoms. The molecule has 0 saturated carbocycles. The molecule has 1 aromatic carbocycles. The van der Waals surface area contributed by atoms with Crippen molar-refractivity contribution in [2.45, 2.75) is 6.54 Å². The van der Waals surface area contributed by atoms with E-state index in [2.05, 4.69) is 15.5 Å². The molecule has 3 rings (SSSR count). The predicted octanol–water partition coefficient (Wildman–Crippen LogP) is 3.78. The molecule has 2 aromatic heterocycles. The van der Waals surface area contributed by atoms with E-state index in [0.717, 1.165) is 4.88 Å². The maximum absolute atomic E-state index is 13.0. The summed E-state index contributed by atoms with van der Waals surface area (Å²) in [5, 5.41) is 13.7. The van der Waals surface area contributed by atoms with Gasteiger partial charge in [0.2, 0.25) is 5.89 Å². The van der Waals surface area contributed by atoms with E-state index < -0.39 is 0 Å². The van der Waals surface area contributed by atoms with Gasteiger partial charge < -0.3 is 19.4 Å². The van der Waals surface area contributed by atoms with E-state index in [1.165, 1.54) is 23.5 Å². The number of anilines is 1. The van der Waals surface area contributed by atoms with Gasteiger partial charge in [0.05, 0.1) is 18.0 Å². The van der Waals surface area contributed by atoms with Crippen molar-refractivity contribution in [3.8, 4) is 10.8 Å². The third kappa shape index (κ3) is 4.84. The quantitative estimate of drug-likeness (QED) is 0.614. The summed E-state index contributed by atoms with van der Waals surface area (Å²) < 4.78 is 23.9. The number of nitrogens with zero attached hydrogens (tertiary/aromatic N) is 3. The lowest BCUT2D eigenvalue weighted by Crippen LogP contribution is -2.36. The van der Waals surface area contributed by atoms with Crippen LogP contribution < -0.4 is 5.32 Å². The molecule has 0 aliphatic heterocycles. The molecule has 0 aliphatic carbocycles. The van der Waals surface area contributed by atoms with Crippen molar-refractivity contribution in [2.75, 3.05) is 25.6 Å². The summed E-state index contributed by atoms with van der Waals surface area (Å²) in [5.74, 6) is 0.636. The van der Waals surface area contributed by atoms with Crippen molar-refractivity contribution >= 4 is 34.4 Å². The normalized spacial score (nSPS) is 10.7. The van der Waals surface area contributed by atoms with Crippen LogP contribution in [-0.2, 0) is 11.3 Å². The van der Waals surface area contributed by atoms with Gasteiger partial charge in [-0.1, -0.05) is 6.07 Å². The molecule has 26 heavy (non-hydrogen) atoms. The minimum Gasteiger partial charge on any atom is -0.418 e. The van der Waals surface area contributed by atoms with Crippen LogP contribution in [0.5, 0.6) is 0 Å². The number of rotatable bonds is 7. The van der Waals surface area contributed by atoms with Crippen LogP contribution in [0.25, 0.3) is 10.8 Å². The Kier molecular flexibility index (Phi) is 6.26. The van der Waals surface area contributed by atoms with Crippen LogP contribution in [0.1, 0.15) is 5.89 Å². The first kappa shape index (κ1) is 18.4. The molecule has 6 nitrogen and oxygen atoms in total. The summed E-state index contributed by atoms with van der Waals surface area (Å²) in [6.45, 7) is 1.37. The number of nitrogens with one attached hydrogen (secondary N) is 1. The van der Waals surface area contributed by atoms with Crippen LogP contribution in [0, 0.1) is 5.82 Å². The number of thiocarbonyl (C=S) groups is 1. The van der Waals surface area contributed by atoms with E-state index in [1.807, 2.05) is 22.4 Å². The summed E-state index contributed by atoms with van der Waals surface area (Å²) in [6, 6.07) is 9.84. The first-order valence-corrected chi connectivity index (χ1v) is 9.11. The molecule has 2 heterocycles. The Balaban J connectivity index is 1.69. The molecule has 1 N–H and O–H groups in total. The molecule has 0 radical (unpaired) electrons. The molecule has 0 fully saturated rings. The smallest absolute Gasteiger partial charge is 0.257 e. The van der Waals surface area contributed by atoms with E-state index in [4.69, 9.17) is 21.4 Å². The second-order valence-electron chi connectivity index (χ2n) is 5.33. The lowest BCUT2D eigenvalue weighted by Gasteiger charge is -2.24. The summed E-state index contributed by atoms with van der Waals surface area (Å²) in [4.78, 5) is 2.77. The van der Waals surface area contributed by atoms with Crippen molar-refractivity contribution in [1.82, 2.24) is 15.1 Å². The Morgan fingerprint density at radius 2 is 2.12 bits per heavy atom. The average molecular weight is 392 g/mol. The maximum Gasteiger partial charge on any atom is 0.257 e. The van der Waals surface area contributed by atoms with Gasteiger partial charge >= 0.3 is 0 Å². The fourth-order valence-electron chi connectivity index (χ4n) is 2.17. The van der Waals surface area contributed by atoms with Crippen LogP contribution in [0.3, 0.4) is 0 Å². The number of benzene rings is 1. The van der Waals surface area contributed by atoms with E-state index in [1.54, 1.807) is 19.2 Å². The number of hydrogen-bond acceptors (Lipinski definition) is 6. The third-order valence-electron chi connectivity index (χ3n) is 3.47. The fraction of sp³-hybridized carbons (Fsp3) is 0.235. The van der Waals surface area contributed by atoms with Crippen LogP contribution in [0.4, 0.5) is 10.1 Å². The number of hydrogen-bond donors (Lipinski definition) is 1. The highest BCUT2D eigenvalue weighted by Gasteiger charge is 2.16. The first-order chi connectivity index (χ1) is 12.7. The van der Waals surface area contributed by atoms with Crippen LogP contribution in [0.2, 0.25) is 0 Å². The van der Waals surface area contributed by atoms with Crippen molar-refractivity contribution < 1.29 is 13.5 Å². The van der Waals surface area contributed by atoms with Gasteiger partial charge in [0, 0.05) is 19.3 Å². The Morgan fingerprint density at radius 1 is 1.31 bits per heavy atom. The van der Waals surface area contributed by atoms with Gasteiger partial charge in [0.25, 0.3) is 5.89 Å². The summed E-state index contributed by atoms with van der Waals surface area (Å²) in [5.41, 5.74) is 0.698. The molecule has 0 saturated heterocycles. The van der Waals surface area contributed by atoms with E-state index >= 15 is 0 Å². The zero-order chi connectivity index (χ0) is 18.4. The highest BCUT2D eigenvalue weighted by Crippen LogP contribution is 2.23. The van der Waals surface area contributed by atoms with Crippen molar-refractivity contribution in [1.29, 1.82) is 0 Å². The molecule has 3 aromatic rings. The van der Waals surface area contributed by atoms with Gasteiger partial charge in [-0.05, 0) is 47.9 Å². The Morgan fingerprint density at radius 3 is 2.81 bits per heavy atom. The first-order valence-electron chi connectivity index (χ1n) is 7.82. The molecule has 0 unspecified atom stereocenters. The zero-order valence-corrected chi connectivity index (χ0v) is 15.6. The molecule has 0 aliphatic rings. The van der Waals surface area contributed by atoms with Crippen LogP contribution in [-0.4, -0.2) is 40.5 Å². The molecule has 0 spiro atoms. The Bertz CT molecular complexity index is 837. The minimum atomic E-state index is -0.301. The highest BCUT2D eigenvalue weighted by atomic mass is 32.1. The van der Waals surface area contributed by atoms with Gasteiger partial charge in [-0.25, -0.2) is 4.39 Å². The van der Waals surface area contributed by atoms with Crippen LogP contribution >= 0.6 is 23.6 Å². The number of ether oxygens (including phenoxy) is 1. The van der Waals surface area contributed by atoms with Crippen molar-refractivity contribution in [2.24, 2.45) is 0 Å². The largest absolute Gasteiger partial charge is 0.418 e. The number of halogens is 1. The van der Waals surface area contributed by atoms with Gasteiger partial charge in [0.15, 0.2) is 5.11 Å². The average Bonchev–Trinajstić information content (AvgIpc) is 3.32. The van der Waals surface area contributed by atoms with Gasteiger partial charge in [0.1, 0.15) is 5.82 Å². The second-order valence-corrected chi connectivity index (χ2v) is 6.66. The molecule has 136 valence electrons. The molecule has 0 amide bonds. The predicted molar refractivity (Wildman–Crippen MR) is 103 cm³/mol. The van der Waals surface area contributed by atoms with Crippen molar-refractivity contribution in [3.63, 3.8) is 0 Å². The zero-order valence-electron chi connectivity index (χ0n) is 14.0. The number of methoxy groups -OCH3 is 1. The number of thiophene rings is 1. The van der Waals surface area contributed by atoms with Gasteiger partial charge in [-0.2, -0.15) is 0 Å². The van der Waals surface area contributed by atoms with E-state index in [-0.39, 0.29) is 5.82 Å². The standard InChI is InChI=1S/C17H17FN4O2S2/c1-23-9-8-22(17(25)19-13-6-4-12(18)5-7-13)11-15-20-21-16(24-15)14-3-2-10-26-14/h2-7,10H,8-9,11H2,1H3,(H,19,25). The molecule has 0 bridgehead atoms. The molecular weight excluding hydrogens is 375 g/mol. The second kappa shape index (κ2) is 8.84. The minimum absolute atomic E-state index is 0.301. The van der Waals surface area contributed by atoms with Gasteiger partial charge in [-0.3, -0.25) is 0 Å². The fourth-order valence-corrected chi connectivity index (χ4v) is 3.09. The maximum atomic E-state index is 13.0. The SMILES string of the molecule is COCCN(Cc1nnc(-c2cccs2)o1)C(=S)Nc1ccc(F)cc1. The third-order valence-corrected chi connectivity index (χ3v) is 4.69. The lowest BCUT2D eigenvalue weighted by molar-refractivity contribution is 0.172. The summed E-state index contributed by atoms with van der Waals surface area (Å²) >= 11 is 7.00. The summed E-state index contributed by atoms with van der Waals surface area (Å²) in [6.07, 6.45) is 0. The summed E-state index contributed by atoms with van der Waals surface area (Å²) in [7, 11) is 1.62. The highest BCUT2D eigenvalue weighted by molar-refractivity contribution is 7.80. The van der Waals surface area contributed by atoms with Crippen molar-refractivity contribution in [3.05, 3.63) is 53.5 Å². The molecule has 0 atom stereocenters. The van der Waals surface area contributed by atoms with Gasteiger partial charge in [-0.15, -0.1) is 21.5 Å². The Hall–Kier alpha value is -2.36.